The molecule has 3 rings (SSSR count). The maximum absolute atomic E-state index is 11.3. The average Bonchev–Trinajstić information content (AvgIpc) is 3.06. The van der Waals surface area contributed by atoms with Gasteiger partial charge in [0.1, 0.15) is 0 Å². The molecule has 0 spiro atoms. The van der Waals surface area contributed by atoms with Crippen LogP contribution in [0.3, 0.4) is 0 Å². The van der Waals surface area contributed by atoms with Crippen LogP contribution >= 0.6 is 0 Å². The van der Waals surface area contributed by atoms with Crippen molar-refractivity contribution in [3.63, 3.8) is 0 Å². The molecule has 1 heterocycles. The Kier molecular flexibility index (Phi) is 7.41. The molecule has 0 fully saturated rings. The third kappa shape index (κ3) is 5.67. The van der Waals surface area contributed by atoms with Crippen LogP contribution in [0.2, 0.25) is 0 Å². The highest BCUT2D eigenvalue weighted by molar-refractivity contribution is 5.91. The molecule has 0 aromatic heterocycles. The van der Waals surface area contributed by atoms with Crippen LogP contribution in [-0.2, 0) is 11.2 Å². The van der Waals surface area contributed by atoms with Gasteiger partial charge in [0.05, 0.1) is 6.61 Å². The number of hydrogen-bond donors (Lipinski definition) is 3. The average molecular weight is 396 g/mol. The summed E-state index contributed by atoms with van der Waals surface area (Å²) in [5.41, 5.74) is 6.28. The molecule has 3 N–H and O–H groups in total. The Labute approximate surface area is 172 Å². The predicted octanol–water partition coefficient (Wildman–Crippen LogP) is 2.28. The van der Waals surface area contributed by atoms with Gasteiger partial charge in [0.2, 0.25) is 0 Å². The Bertz CT molecular complexity index is 839. The third-order valence-corrected chi connectivity index (χ3v) is 5.39. The number of hydrogen-bond acceptors (Lipinski definition) is 5. The molecule has 29 heavy (non-hydrogen) atoms. The minimum absolute atomic E-state index is 0.142. The molecule has 2 aromatic rings. The molecule has 0 saturated carbocycles. The van der Waals surface area contributed by atoms with E-state index >= 15 is 0 Å². The number of hydroxylamine groups is 1. The third-order valence-electron chi connectivity index (χ3n) is 5.39. The van der Waals surface area contributed by atoms with Crippen LogP contribution in [-0.4, -0.2) is 61.0 Å². The first-order valence-electron chi connectivity index (χ1n) is 9.95. The number of carbonyl (C=O) groups excluding carboxylic acids is 1. The normalized spacial score (nSPS) is 15.9. The predicted molar refractivity (Wildman–Crippen MR) is 115 cm³/mol. The summed E-state index contributed by atoms with van der Waals surface area (Å²) in [5.74, 6) is -0.216. The van der Waals surface area contributed by atoms with Crippen LogP contribution in [0.5, 0.6) is 0 Å². The van der Waals surface area contributed by atoms with Gasteiger partial charge in [-0.25, -0.2) is 5.48 Å². The van der Waals surface area contributed by atoms with Gasteiger partial charge in [-0.15, -0.1) is 0 Å². The smallest absolute Gasteiger partial charge is 0.267 e. The lowest BCUT2D eigenvalue weighted by Gasteiger charge is -2.25. The van der Waals surface area contributed by atoms with Crippen molar-refractivity contribution in [3.8, 4) is 0 Å². The summed E-state index contributed by atoms with van der Waals surface area (Å²) in [4.78, 5) is 15.8. The van der Waals surface area contributed by atoms with E-state index in [2.05, 4.69) is 53.2 Å². The minimum atomic E-state index is -0.547. The van der Waals surface area contributed by atoms with Crippen LogP contribution in [0.4, 0.5) is 5.69 Å². The van der Waals surface area contributed by atoms with E-state index in [-0.39, 0.29) is 6.61 Å². The van der Waals surface area contributed by atoms with Gasteiger partial charge in [0.15, 0.2) is 0 Å². The van der Waals surface area contributed by atoms with E-state index in [1.165, 1.54) is 22.9 Å². The van der Waals surface area contributed by atoms with Gasteiger partial charge in [0, 0.05) is 50.9 Å². The number of fused-ring (bicyclic) bond motifs is 1. The molecule has 1 unspecified atom stereocenters. The Morgan fingerprint density at radius 3 is 2.76 bits per heavy atom. The molecule has 0 saturated heterocycles. The molecule has 0 bridgehead atoms. The summed E-state index contributed by atoms with van der Waals surface area (Å²) in [6.07, 6.45) is 3.96. The largest absolute Gasteiger partial charge is 0.395 e. The van der Waals surface area contributed by atoms with Gasteiger partial charge in [-0.3, -0.25) is 10.0 Å². The number of anilines is 1. The van der Waals surface area contributed by atoms with Crippen LogP contribution in [0, 0.1) is 0 Å². The van der Waals surface area contributed by atoms with E-state index in [9.17, 15) is 9.90 Å². The zero-order chi connectivity index (χ0) is 20.6. The fraction of sp³-hybridized carbons (Fsp3) is 0.348. The first-order chi connectivity index (χ1) is 14.1. The van der Waals surface area contributed by atoms with Gasteiger partial charge < -0.3 is 14.9 Å². The van der Waals surface area contributed by atoms with Crippen molar-refractivity contribution in [1.29, 1.82) is 0 Å². The highest BCUT2D eigenvalue weighted by Gasteiger charge is 2.28. The molecule has 1 atom stereocenters. The molecule has 0 aliphatic carbocycles. The zero-order valence-corrected chi connectivity index (χ0v) is 16.8. The number of carbonyl (C=O) groups is 1. The fourth-order valence-electron chi connectivity index (χ4n) is 3.92. The molecule has 154 valence electrons. The number of likely N-dealkylation sites (N-methyl/N-ethyl adjacent to an activating group) is 1. The second kappa shape index (κ2) is 10.2. The summed E-state index contributed by atoms with van der Waals surface area (Å²) in [6.45, 7) is 3.49. The lowest BCUT2D eigenvalue weighted by atomic mass is 9.98. The van der Waals surface area contributed by atoms with Crippen molar-refractivity contribution >= 4 is 17.7 Å². The first-order valence-corrected chi connectivity index (χ1v) is 9.95. The Morgan fingerprint density at radius 2 is 2.03 bits per heavy atom. The van der Waals surface area contributed by atoms with Crippen molar-refractivity contribution in [2.24, 2.45) is 0 Å². The monoisotopic (exact) mass is 395 g/mol. The van der Waals surface area contributed by atoms with E-state index in [0.29, 0.717) is 12.5 Å². The highest BCUT2D eigenvalue weighted by Crippen LogP contribution is 2.36. The number of rotatable bonds is 9. The van der Waals surface area contributed by atoms with E-state index in [1.54, 1.807) is 11.6 Å². The lowest BCUT2D eigenvalue weighted by Crippen LogP contribution is -2.34. The van der Waals surface area contributed by atoms with Gasteiger partial charge >= 0.3 is 0 Å². The molecule has 1 aliphatic rings. The van der Waals surface area contributed by atoms with E-state index in [4.69, 9.17) is 5.21 Å². The van der Waals surface area contributed by atoms with E-state index < -0.39 is 5.91 Å². The van der Waals surface area contributed by atoms with Crippen LogP contribution in [0.25, 0.3) is 6.08 Å². The van der Waals surface area contributed by atoms with Crippen molar-refractivity contribution in [3.05, 3.63) is 71.3 Å². The molecule has 6 heteroatoms. The topological polar surface area (TPSA) is 76.0 Å². The van der Waals surface area contributed by atoms with Gasteiger partial charge in [0.25, 0.3) is 5.91 Å². The molecule has 6 nitrogen and oxygen atoms in total. The van der Waals surface area contributed by atoms with Crippen molar-refractivity contribution in [1.82, 2.24) is 10.4 Å². The van der Waals surface area contributed by atoms with Gasteiger partial charge in [-0.05, 0) is 41.3 Å². The van der Waals surface area contributed by atoms with Crippen LogP contribution in [0.1, 0.15) is 22.6 Å². The minimum Gasteiger partial charge on any atom is -0.395 e. The molecule has 2 aromatic carbocycles. The van der Waals surface area contributed by atoms with Crippen molar-refractivity contribution < 1.29 is 15.1 Å². The van der Waals surface area contributed by atoms with E-state index in [1.807, 2.05) is 12.1 Å². The number of aliphatic hydroxyl groups excluding tert-OH is 1. The van der Waals surface area contributed by atoms with Gasteiger partial charge in [-0.2, -0.15) is 0 Å². The highest BCUT2D eigenvalue weighted by atomic mass is 16.5. The van der Waals surface area contributed by atoms with E-state index in [0.717, 1.165) is 31.6 Å². The molecule has 1 amide bonds. The summed E-state index contributed by atoms with van der Waals surface area (Å²) in [5, 5.41) is 18.2. The Morgan fingerprint density at radius 1 is 1.24 bits per heavy atom. The number of aliphatic hydroxyl groups is 1. The summed E-state index contributed by atoms with van der Waals surface area (Å²) in [6, 6.07) is 16.6. The SMILES string of the molecule is CN1CC(CN(CCO)CCc2ccccc2)c2cc(/C=C/C(=O)NO)ccc21. The number of amides is 1. The second-order valence-corrected chi connectivity index (χ2v) is 7.46. The molecule has 0 radical (unpaired) electrons. The van der Waals surface area contributed by atoms with Crippen LogP contribution < -0.4 is 10.4 Å². The number of benzene rings is 2. The zero-order valence-electron chi connectivity index (χ0n) is 16.8. The maximum atomic E-state index is 11.3. The summed E-state index contributed by atoms with van der Waals surface area (Å²) >= 11 is 0. The molecular formula is C23H29N3O3. The van der Waals surface area contributed by atoms with Crippen molar-refractivity contribution in [2.75, 3.05) is 44.7 Å². The molecule has 1 aliphatic heterocycles. The Balaban J connectivity index is 1.71. The van der Waals surface area contributed by atoms with Gasteiger partial charge in [-0.1, -0.05) is 36.4 Å². The number of nitrogens with one attached hydrogen (secondary N) is 1. The quantitative estimate of drug-likeness (QED) is 0.345. The first kappa shape index (κ1) is 21.0. The summed E-state index contributed by atoms with van der Waals surface area (Å²) < 4.78 is 0. The molecular weight excluding hydrogens is 366 g/mol. The Hall–Kier alpha value is -2.67. The fourth-order valence-corrected chi connectivity index (χ4v) is 3.92. The lowest BCUT2D eigenvalue weighted by molar-refractivity contribution is -0.124. The van der Waals surface area contributed by atoms with Crippen LogP contribution in [0.15, 0.2) is 54.6 Å². The number of nitrogens with zero attached hydrogens (tertiary/aromatic N) is 2. The standard InChI is InChI=1S/C23H29N3O3/c1-25-16-20(17-26(13-14-27)12-11-18-5-3-2-4-6-18)21-15-19(7-9-22(21)25)8-10-23(28)24-29/h2-10,15,20,27,29H,11-14,16-17H2,1H3,(H,24,28)/b10-8+. The maximum Gasteiger partial charge on any atom is 0.267 e. The summed E-state index contributed by atoms with van der Waals surface area (Å²) in [7, 11) is 2.09. The van der Waals surface area contributed by atoms with Crippen molar-refractivity contribution in [2.45, 2.75) is 12.3 Å². The second-order valence-electron chi connectivity index (χ2n) is 7.46.